The van der Waals surface area contributed by atoms with E-state index in [1.165, 1.54) is 7.11 Å². The molecule has 0 fully saturated rings. The molecule has 4 nitrogen and oxygen atoms in total. The first kappa shape index (κ1) is 11.5. The van der Waals surface area contributed by atoms with Crippen LogP contribution in [0.4, 0.5) is 10.5 Å². The molecular weight excluding hydrogens is 194 g/mol. The minimum Gasteiger partial charge on any atom is -0.453 e. The third-order valence-electron chi connectivity index (χ3n) is 2.09. The van der Waals surface area contributed by atoms with Gasteiger partial charge >= 0.3 is 6.09 Å². The number of amides is 1. The quantitative estimate of drug-likeness (QED) is 0.803. The average molecular weight is 209 g/mol. The highest BCUT2D eigenvalue weighted by molar-refractivity contribution is 5.84. The summed E-state index contributed by atoms with van der Waals surface area (Å²) >= 11 is 0. The van der Waals surface area contributed by atoms with Gasteiger partial charge in [-0.15, -0.1) is 0 Å². The van der Waals surface area contributed by atoms with Crippen molar-refractivity contribution in [2.24, 2.45) is 0 Å². The molecular formula is C11H15NO3. The Kier molecular flexibility index (Phi) is 4.12. The van der Waals surface area contributed by atoms with E-state index in [0.717, 1.165) is 5.56 Å². The molecule has 0 radical (unpaired) electrons. The summed E-state index contributed by atoms with van der Waals surface area (Å²) in [6.07, 6.45) is -0.371. The first-order valence-electron chi connectivity index (χ1n) is 4.80. The lowest BCUT2D eigenvalue weighted by Gasteiger charge is -2.10. The fraction of sp³-hybridized carbons (Fsp3) is 0.364. The number of hydrogen-bond acceptors (Lipinski definition) is 3. The van der Waals surface area contributed by atoms with E-state index in [1.807, 2.05) is 13.0 Å². The van der Waals surface area contributed by atoms with Crippen LogP contribution >= 0.6 is 0 Å². The maximum atomic E-state index is 10.9. The molecule has 15 heavy (non-hydrogen) atoms. The second-order valence-electron chi connectivity index (χ2n) is 3.17. The summed E-state index contributed by atoms with van der Waals surface area (Å²) in [5, 5.41) is 12.1. The molecule has 0 saturated carbocycles. The highest BCUT2D eigenvalue weighted by Gasteiger charge is 2.06. The fourth-order valence-corrected chi connectivity index (χ4v) is 1.23. The number of methoxy groups -OCH3 is 1. The number of carbonyl (C=O) groups is 1. The molecule has 1 rings (SSSR count). The Labute approximate surface area is 88.9 Å². The van der Waals surface area contributed by atoms with E-state index in [-0.39, 0.29) is 0 Å². The number of aliphatic hydroxyl groups excluding tert-OH is 1. The first-order valence-corrected chi connectivity index (χ1v) is 4.80. The van der Waals surface area contributed by atoms with Crippen LogP contribution in [0.15, 0.2) is 24.3 Å². The van der Waals surface area contributed by atoms with E-state index < -0.39 is 12.2 Å². The second-order valence-corrected chi connectivity index (χ2v) is 3.17. The molecule has 82 valence electrons. The zero-order valence-corrected chi connectivity index (χ0v) is 8.86. The minimum atomic E-state index is -0.516. The van der Waals surface area contributed by atoms with Gasteiger partial charge in [0.25, 0.3) is 0 Å². The molecule has 0 aliphatic heterocycles. The third-order valence-corrected chi connectivity index (χ3v) is 2.09. The lowest BCUT2D eigenvalue weighted by molar-refractivity contribution is 0.173. The molecule has 2 N–H and O–H groups in total. The molecule has 0 aliphatic carbocycles. The molecule has 1 unspecified atom stereocenters. The van der Waals surface area contributed by atoms with Crippen molar-refractivity contribution in [1.29, 1.82) is 0 Å². The predicted octanol–water partition coefficient (Wildman–Crippen LogP) is 2.31. The molecule has 0 aromatic heterocycles. The standard InChI is InChI=1S/C11H15NO3/c1-3-10(13)8-5-4-6-9(7-8)12-11(14)15-2/h4-7,10,13H,3H2,1-2H3,(H,12,14). The molecule has 0 spiro atoms. The molecule has 0 saturated heterocycles. The van der Waals surface area contributed by atoms with Gasteiger partial charge in [-0.1, -0.05) is 19.1 Å². The van der Waals surface area contributed by atoms with Crippen molar-refractivity contribution in [3.05, 3.63) is 29.8 Å². The van der Waals surface area contributed by atoms with Crippen LogP contribution in [0, 0.1) is 0 Å². The van der Waals surface area contributed by atoms with Gasteiger partial charge in [0.05, 0.1) is 13.2 Å². The monoisotopic (exact) mass is 209 g/mol. The number of benzene rings is 1. The van der Waals surface area contributed by atoms with E-state index >= 15 is 0 Å². The summed E-state index contributed by atoms with van der Waals surface area (Å²) in [6, 6.07) is 7.06. The van der Waals surface area contributed by atoms with E-state index in [2.05, 4.69) is 10.1 Å². The van der Waals surface area contributed by atoms with Gasteiger partial charge in [-0.05, 0) is 24.1 Å². The Morgan fingerprint density at radius 2 is 2.33 bits per heavy atom. The van der Waals surface area contributed by atoms with Crippen LogP contribution in [-0.4, -0.2) is 18.3 Å². The highest BCUT2D eigenvalue weighted by atomic mass is 16.5. The van der Waals surface area contributed by atoms with Crippen LogP contribution in [-0.2, 0) is 4.74 Å². The first-order chi connectivity index (χ1) is 7.17. The normalized spacial score (nSPS) is 11.9. The van der Waals surface area contributed by atoms with Crippen molar-refractivity contribution in [2.45, 2.75) is 19.4 Å². The number of ether oxygens (including phenoxy) is 1. The van der Waals surface area contributed by atoms with Crippen LogP contribution in [0.1, 0.15) is 25.0 Å². The molecule has 1 atom stereocenters. The lowest BCUT2D eigenvalue weighted by Crippen LogP contribution is -2.11. The van der Waals surface area contributed by atoms with Crippen LogP contribution in [0.2, 0.25) is 0 Å². The van der Waals surface area contributed by atoms with E-state index in [1.54, 1.807) is 18.2 Å². The van der Waals surface area contributed by atoms with Crippen LogP contribution in [0.3, 0.4) is 0 Å². The van der Waals surface area contributed by atoms with Gasteiger partial charge in [0, 0.05) is 5.69 Å². The van der Waals surface area contributed by atoms with Crippen molar-refractivity contribution < 1.29 is 14.6 Å². The summed E-state index contributed by atoms with van der Waals surface area (Å²) in [6.45, 7) is 1.89. The van der Waals surface area contributed by atoms with Crippen molar-refractivity contribution in [2.75, 3.05) is 12.4 Å². The third kappa shape index (κ3) is 3.25. The zero-order chi connectivity index (χ0) is 11.3. The van der Waals surface area contributed by atoms with Gasteiger partial charge in [-0.2, -0.15) is 0 Å². The van der Waals surface area contributed by atoms with Gasteiger partial charge < -0.3 is 9.84 Å². The van der Waals surface area contributed by atoms with E-state index in [4.69, 9.17) is 0 Å². The molecule has 1 aromatic rings. The Morgan fingerprint density at radius 3 is 2.93 bits per heavy atom. The number of aliphatic hydroxyl groups is 1. The number of rotatable bonds is 3. The average Bonchev–Trinajstić information content (AvgIpc) is 2.28. The van der Waals surface area contributed by atoms with Crippen LogP contribution in [0.5, 0.6) is 0 Å². The predicted molar refractivity (Wildman–Crippen MR) is 57.7 cm³/mol. The topological polar surface area (TPSA) is 58.6 Å². The summed E-state index contributed by atoms with van der Waals surface area (Å²) in [5.74, 6) is 0. The van der Waals surface area contributed by atoms with Gasteiger partial charge in [0.2, 0.25) is 0 Å². The lowest BCUT2D eigenvalue weighted by atomic mass is 10.1. The highest BCUT2D eigenvalue weighted by Crippen LogP contribution is 2.19. The van der Waals surface area contributed by atoms with Gasteiger partial charge in [-0.3, -0.25) is 5.32 Å². The largest absolute Gasteiger partial charge is 0.453 e. The minimum absolute atomic E-state index is 0.496. The van der Waals surface area contributed by atoms with Gasteiger partial charge in [0.15, 0.2) is 0 Å². The van der Waals surface area contributed by atoms with Crippen molar-refractivity contribution in [1.82, 2.24) is 0 Å². The Hall–Kier alpha value is -1.55. The van der Waals surface area contributed by atoms with E-state index in [0.29, 0.717) is 12.1 Å². The zero-order valence-electron chi connectivity index (χ0n) is 8.86. The molecule has 0 bridgehead atoms. The van der Waals surface area contributed by atoms with E-state index in [9.17, 15) is 9.90 Å². The summed E-state index contributed by atoms with van der Waals surface area (Å²) in [4.78, 5) is 10.9. The fourth-order valence-electron chi connectivity index (χ4n) is 1.23. The number of anilines is 1. The van der Waals surface area contributed by atoms with Crippen molar-refractivity contribution >= 4 is 11.8 Å². The van der Waals surface area contributed by atoms with Crippen LogP contribution in [0.25, 0.3) is 0 Å². The van der Waals surface area contributed by atoms with Crippen molar-refractivity contribution in [3.63, 3.8) is 0 Å². The second kappa shape index (κ2) is 5.36. The molecule has 1 amide bonds. The number of hydrogen-bond donors (Lipinski definition) is 2. The SMILES string of the molecule is CCC(O)c1cccc(NC(=O)OC)c1. The Balaban J connectivity index is 2.78. The number of nitrogens with one attached hydrogen (secondary N) is 1. The molecule has 0 heterocycles. The smallest absolute Gasteiger partial charge is 0.411 e. The van der Waals surface area contributed by atoms with Gasteiger partial charge in [-0.25, -0.2) is 4.79 Å². The van der Waals surface area contributed by atoms with Gasteiger partial charge in [0.1, 0.15) is 0 Å². The molecule has 1 aromatic carbocycles. The Morgan fingerprint density at radius 1 is 1.60 bits per heavy atom. The molecule has 0 aliphatic rings. The summed E-state index contributed by atoms with van der Waals surface area (Å²) in [7, 11) is 1.31. The Bertz CT molecular complexity index is 338. The van der Waals surface area contributed by atoms with Crippen LogP contribution < -0.4 is 5.32 Å². The molecule has 4 heteroatoms. The maximum Gasteiger partial charge on any atom is 0.411 e. The summed E-state index contributed by atoms with van der Waals surface area (Å²) in [5.41, 5.74) is 1.40. The van der Waals surface area contributed by atoms with Crippen molar-refractivity contribution in [3.8, 4) is 0 Å². The maximum absolute atomic E-state index is 10.9. The summed E-state index contributed by atoms with van der Waals surface area (Å²) < 4.78 is 4.47. The number of carbonyl (C=O) groups excluding carboxylic acids is 1.